The van der Waals surface area contributed by atoms with Gasteiger partial charge in [0, 0.05) is 6.54 Å². The molecule has 8 rings (SSSR count). The molecule has 226 valence electrons. The van der Waals surface area contributed by atoms with Crippen LogP contribution >= 0.6 is 0 Å². The summed E-state index contributed by atoms with van der Waals surface area (Å²) in [4.78, 5) is 2.53. The molecule has 0 aromatic carbocycles. The monoisotopic (exact) mass is 557 g/mol. The first-order valence-electron chi connectivity index (χ1n) is 17.0. The lowest BCUT2D eigenvalue weighted by molar-refractivity contribution is -0.255. The van der Waals surface area contributed by atoms with Crippen LogP contribution in [0.1, 0.15) is 92.4 Å². The molecule has 40 heavy (non-hydrogen) atoms. The van der Waals surface area contributed by atoms with E-state index >= 15 is 0 Å². The van der Waals surface area contributed by atoms with Gasteiger partial charge in [-0.1, -0.05) is 34.6 Å². The molecule has 1 N–H and O–H groups in total. The highest BCUT2D eigenvalue weighted by Crippen LogP contribution is 2.91. The fourth-order valence-corrected chi connectivity index (χ4v) is 13.6. The topological polar surface area (TPSA) is 60.4 Å². The molecule has 0 amide bonds. The van der Waals surface area contributed by atoms with Crippen molar-refractivity contribution < 1.29 is 24.1 Å². The number of rotatable bonds is 4. The van der Waals surface area contributed by atoms with Crippen LogP contribution in [0.25, 0.3) is 0 Å². The molecule has 5 saturated carbocycles. The summed E-state index contributed by atoms with van der Waals surface area (Å²) in [6.45, 7) is 17.6. The average molecular weight is 558 g/mol. The first kappa shape index (κ1) is 27.3. The molecule has 0 bridgehead atoms. The second-order valence-corrected chi connectivity index (χ2v) is 16.7. The lowest BCUT2D eigenvalue weighted by Crippen LogP contribution is -2.59. The Morgan fingerprint density at radius 1 is 0.900 bits per heavy atom. The van der Waals surface area contributed by atoms with Gasteiger partial charge in [0.05, 0.1) is 57.3 Å². The summed E-state index contributed by atoms with van der Waals surface area (Å²) in [7, 11) is 0. The summed E-state index contributed by atoms with van der Waals surface area (Å²) < 4.78 is 25.2. The highest BCUT2D eigenvalue weighted by molar-refractivity contribution is 5.34. The van der Waals surface area contributed by atoms with Crippen LogP contribution in [0.3, 0.4) is 0 Å². The molecule has 0 aromatic rings. The van der Waals surface area contributed by atoms with E-state index in [2.05, 4.69) is 39.5 Å². The van der Waals surface area contributed by atoms with Crippen molar-refractivity contribution in [3.8, 4) is 0 Å². The van der Waals surface area contributed by atoms with E-state index in [1.54, 1.807) is 0 Å². The maximum Gasteiger partial charge on any atom is 0.170 e. The van der Waals surface area contributed by atoms with E-state index in [1.807, 2.05) is 0 Å². The molecular weight excluding hydrogens is 502 g/mol. The van der Waals surface area contributed by atoms with Crippen LogP contribution in [-0.2, 0) is 18.9 Å². The minimum atomic E-state index is -0.103. The van der Waals surface area contributed by atoms with Gasteiger partial charge in [0.1, 0.15) is 0 Å². The van der Waals surface area contributed by atoms with Gasteiger partial charge in [-0.15, -0.1) is 0 Å². The summed E-state index contributed by atoms with van der Waals surface area (Å²) >= 11 is 0. The number of morpholine rings is 1. The van der Waals surface area contributed by atoms with Crippen molar-refractivity contribution in [2.45, 2.75) is 123 Å². The Balaban J connectivity index is 1.04. The smallest absolute Gasteiger partial charge is 0.170 e. The summed E-state index contributed by atoms with van der Waals surface area (Å²) in [6, 6.07) is 0.553. The van der Waals surface area contributed by atoms with Crippen molar-refractivity contribution >= 4 is 0 Å². The summed E-state index contributed by atoms with van der Waals surface area (Å²) in [5, 5.41) is 9.87. The molecule has 0 radical (unpaired) electrons. The molecule has 8 aliphatic rings. The number of ether oxygens (including phenoxy) is 4. The molecule has 12 atom stereocenters. The second-order valence-electron chi connectivity index (χ2n) is 16.7. The molecule has 6 heteroatoms. The van der Waals surface area contributed by atoms with Crippen molar-refractivity contribution in [3.05, 3.63) is 0 Å². The van der Waals surface area contributed by atoms with Gasteiger partial charge in [-0.2, -0.15) is 0 Å². The van der Waals surface area contributed by atoms with Gasteiger partial charge < -0.3 is 24.1 Å². The fraction of sp³-hybridized carbons (Fsp3) is 1.00. The lowest BCUT2D eigenvalue weighted by Gasteiger charge is -2.63. The summed E-state index contributed by atoms with van der Waals surface area (Å²) in [5.74, 6) is 3.02. The van der Waals surface area contributed by atoms with Gasteiger partial charge >= 0.3 is 0 Å². The third-order valence-corrected chi connectivity index (χ3v) is 15.8. The minimum absolute atomic E-state index is 0.0582. The van der Waals surface area contributed by atoms with Gasteiger partial charge in [0.15, 0.2) is 6.29 Å². The van der Waals surface area contributed by atoms with Gasteiger partial charge in [-0.25, -0.2) is 0 Å². The van der Waals surface area contributed by atoms with Crippen molar-refractivity contribution in [2.75, 3.05) is 39.5 Å². The van der Waals surface area contributed by atoms with Crippen LogP contribution < -0.4 is 0 Å². The average Bonchev–Trinajstić information content (AvgIpc) is 3.33. The van der Waals surface area contributed by atoms with Gasteiger partial charge in [0.2, 0.25) is 0 Å². The Kier molecular flexibility index (Phi) is 6.08. The normalized spacial score (nSPS) is 57.1. The highest BCUT2D eigenvalue weighted by Gasteiger charge is 2.86. The zero-order chi connectivity index (χ0) is 27.7. The quantitative estimate of drug-likeness (QED) is 0.509. The summed E-state index contributed by atoms with van der Waals surface area (Å²) in [6.07, 6.45) is 12.1. The van der Waals surface area contributed by atoms with E-state index in [0.29, 0.717) is 39.7 Å². The first-order chi connectivity index (χ1) is 19.1. The Morgan fingerprint density at radius 3 is 2.42 bits per heavy atom. The lowest BCUT2D eigenvalue weighted by atomic mass is 9.42. The highest BCUT2D eigenvalue weighted by atomic mass is 16.7. The first-order valence-corrected chi connectivity index (χ1v) is 17.0. The molecular formula is C34H55NO5. The Labute approximate surface area is 242 Å². The molecule has 3 saturated heterocycles. The van der Waals surface area contributed by atoms with E-state index in [0.717, 1.165) is 57.1 Å². The third kappa shape index (κ3) is 3.23. The second kappa shape index (κ2) is 8.91. The van der Waals surface area contributed by atoms with Gasteiger partial charge in [-0.05, 0) is 109 Å². The number of hydrogen-bond acceptors (Lipinski definition) is 6. The van der Waals surface area contributed by atoms with E-state index in [1.165, 1.54) is 51.4 Å². The third-order valence-electron chi connectivity index (χ3n) is 15.8. The minimum Gasteiger partial charge on any atom is -0.394 e. The molecule has 4 unspecified atom stereocenters. The number of fused-ring (bicyclic) bond motifs is 4. The van der Waals surface area contributed by atoms with Crippen LogP contribution in [0.5, 0.6) is 0 Å². The maximum atomic E-state index is 9.87. The molecule has 8 fully saturated rings. The molecule has 3 aliphatic heterocycles. The molecule has 5 aliphatic carbocycles. The summed E-state index contributed by atoms with van der Waals surface area (Å²) in [5.41, 5.74) is 1.86. The molecule has 2 spiro atoms. The van der Waals surface area contributed by atoms with Crippen LogP contribution in [-0.4, -0.2) is 80.2 Å². The Hall–Kier alpha value is -0.240. The van der Waals surface area contributed by atoms with Crippen molar-refractivity contribution in [1.82, 2.24) is 4.90 Å². The van der Waals surface area contributed by atoms with Crippen molar-refractivity contribution in [1.29, 1.82) is 0 Å². The van der Waals surface area contributed by atoms with Crippen molar-refractivity contribution in [3.63, 3.8) is 0 Å². The Morgan fingerprint density at radius 2 is 1.68 bits per heavy atom. The number of hydrogen-bond donors (Lipinski definition) is 1. The standard InChI is InChI=1S/C34H55NO5/c1-21-33-11-10-28(40-29-17-35(14-15-38-29)22-19-37-20-22)30(2,3)26(33)8-9-27-32(5)16-25-24(7-6-23(18-36)39-25)31(32,4)12-13-34(21,27)33/h21-29,36H,6-20H2,1-5H3/t21-,23-,24?,25-,26?,27+,28+,29?,31-,32+,33?,34+/m1/s1. The zero-order valence-corrected chi connectivity index (χ0v) is 25.8. The predicted molar refractivity (Wildman–Crippen MR) is 153 cm³/mol. The van der Waals surface area contributed by atoms with E-state index < -0.39 is 0 Å². The predicted octanol–water partition coefficient (Wildman–Crippen LogP) is 5.26. The fourth-order valence-electron chi connectivity index (χ4n) is 13.6. The zero-order valence-electron chi connectivity index (χ0n) is 25.8. The van der Waals surface area contributed by atoms with Crippen molar-refractivity contribution in [2.24, 2.45) is 50.7 Å². The molecule has 6 nitrogen and oxygen atoms in total. The Bertz CT molecular complexity index is 1020. The number of aliphatic hydroxyl groups excluding tert-OH is 1. The van der Waals surface area contributed by atoms with Gasteiger partial charge in [-0.3, -0.25) is 4.90 Å². The van der Waals surface area contributed by atoms with Gasteiger partial charge in [0.25, 0.3) is 0 Å². The van der Waals surface area contributed by atoms with Crippen LogP contribution in [0.15, 0.2) is 0 Å². The van der Waals surface area contributed by atoms with Crippen LogP contribution in [0.2, 0.25) is 0 Å². The van der Waals surface area contributed by atoms with Crippen LogP contribution in [0, 0.1) is 50.7 Å². The van der Waals surface area contributed by atoms with E-state index in [4.69, 9.17) is 18.9 Å². The number of nitrogens with zero attached hydrogens (tertiary/aromatic N) is 1. The molecule has 0 aromatic heterocycles. The van der Waals surface area contributed by atoms with E-state index in [-0.39, 0.29) is 30.5 Å². The molecule has 3 heterocycles. The van der Waals surface area contributed by atoms with E-state index in [9.17, 15) is 5.11 Å². The van der Waals surface area contributed by atoms with Crippen LogP contribution in [0.4, 0.5) is 0 Å². The largest absolute Gasteiger partial charge is 0.394 e. The number of aliphatic hydroxyl groups is 1. The maximum absolute atomic E-state index is 9.87. The SMILES string of the molecule is C[C@@H]1C23CC[C@H](OC4CN(C5COC5)CCO4)C(C)(C)C2CC[C@@H]2[C@]13CC[C@]1(C)C3CC[C@H](CO)O[C@@H]3C[C@@]21C.